The van der Waals surface area contributed by atoms with Gasteiger partial charge in [-0.25, -0.2) is 4.39 Å². The summed E-state index contributed by atoms with van der Waals surface area (Å²) in [5.74, 6) is -0.463. The van der Waals surface area contributed by atoms with E-state index in [0.717, 1.165) is 11.8 Å². The molecule has 0 spiro atoms. The number of alkyl halides is 1. The standard InChI is InChI=1S/C14H13BrFNO/c15-8-3-9-17-14(18)12-6-7-13(16)11-5-2-1-4-10(11)12/h1-2,4-7H,3,8-9H2,(H,17,18). The van der Waals surface area contributed by atoms with Gasteiger partial charge in [-0.1, -0.05) is 40.2 Å². The Morgan fingerprint density at radius 1 is 1.17 bits per heavy atom. The Morgan fingerprint density at radius 3 is 2.61 bits per heavy atom. The molecule has 0 aliphatic rings. The lowest BCUT2D eigenvalue weighted by molar-refractivity contribution is 0.0955. The molecule has 94 valence electrons. The molecule has 2 rings (SSSR count). The number of benzene rings is 2. The van der Waals surface area contributed by atoms with Crippen molar-refractivity contribution in [3.63, 3.8) is 0 Å². The third kappa shape index (κ3) is 2.70. The van der Waals surface area contributed by atoms with Gasteiger partial charge in [-0.2, -0.15) is 0 Å². The summed E-state index contributed by atoms with van der Waals surface area (Å²) >= 11 is 3.30. The van der Waals surface area contributed by atoms with E-state index in [-0.39, 0.29) is 11.7 Å². The quantitative estimate of drug-likeness (QED) is 0.680. The zero-order chi connectivity index (χ0) is 13.0. The highest BCUT2D eigenvalue weighted by Crippen LogP contribution is 2.21. The van der Waals surface area contributed by atoms with Crippen molar-refractivity contribution in [2.24, 2.45) is 0 Å². The molecule has 0 unspecified atom stereocenters. The van der Waals surface area contributed by atoms with Gasteiger partial charge in [0.15, 0.2) is 0 Å². The van der Waals surface area contributed by atoms with Gasteiger partial charge >= 0.3 is 0 Å². The lowest BCUT2D eigenvalue weighted by atomic mass is 10.0. The summed E-state index contributed by atoms with van der Waals surface area (Å²) in [6.07, 6.45) is 0.866. The highest BCUT2D eigenvalue weighted by molar-refractivity contribution is 9.09. The molecule has 2 nitrogen and oxygen atoms in total. The number of carbonyl (C=O) groups excluding carboxylic acids is 1. The van der Waals surface area contributed by atoms with Crippen molar-refractivity contribution in [2.75, 3.05) is 11.9 Å². The summed E-state index contributed by atoms with van der Waals surface area (Å²) in [5.41, 5.74) is 0.515. The minimum Gasteiger partial charge on any atom is -0.352 e. The number of hydrogen-bond acceptors (Lipinski definition) is 1. The van der Waals surface area contributed by atoms with E-state index < -0.39 is 0 Å². The first-order chi connectivity index (χ1) is 8.74. The second-order valence-electron chi connectivity index (χ2n) is 3.94. The van der Waals surface area contributed by atoms with Crippen molar-refractivity contribution in [3.8, 4) is 0 Å². The van der Waals surface area contributed by atoms with Crippen LogP contribution in [0.2, 0.25) is 0 Å². The highest BCUT2D eigenvalue weighted by Gasteiger charge is 2.11. The first-order valence-corrected chi connectivity index (χ1v) is 6.87. The van der Waals surface area contributed by atoms with E-state index in [4.69, 9.17) is 0 Å². The van der Waals surface area contributed by atoms with Crippen molar-refractivity contribution in [1.29, 1.82) is 0 Å². The minimum absolute atomic E-state index is 0.160. The van der Waals surface area contributed by atoms with Crippen LogP contribution < -0.4 is 5.32 Å². The molecule has 0 aromatic heterocycles. The molecule has 0 fully saturated rings. The third-order valence-corrected chi connectivity index (χ3v) is 3.27. The van der Waals surface area contributed by atoms with E-state index in [1.807, 2.05) is 0 Å². The lowest BCUT2D eigenvalue weighted by Gasteiger charge is -2.08. The monoisotopic (exact) mass is 309 g/mol. The van der Waals surface area contributed by atoms with E-state index in [0.29, 0.717) is 22.9 Å². The van der Waals surface area contributed by atoms with Crippen molar-refractivity contribution >= 4 is 32.6 Å². The predicted molar refractivity (Wildman–Crippen MR) is 74.7 cm³/mol. The van der Waals surface area contributed by atoms with Crippen LogP contribution in [0, 0.1) is 5.82 Å². The van der Waals surface area contributed by atoms with E-state index in [1.54, 1.807) is 24.3 Å². The lowest BCUT2D eigenvalue weighted by Crippen LogP contribution is -2.24. The maximum atomic E-state index is 13.6. The Balaban J connectivity index is 2.33. The maximum absolute atomic E-state index is 13.6. The summed E-state index contributed by atoms with van der Waals surface area (Å²) in [7, 11) is 0. The number of carbonyl (C=O) groups is 1. The van der Waals surface area contributed by atoms with Crippen LogP contribution in [0.3, 0.4) is 0 Å². The van der Waals surface area contributed by atoms with Crippen LogP contribution in [-0.4, -0.2) is 17.8 Å². The smallest absolute Gasteiger partial charge is 0.251 e. The van der Waals surface area contributed by atoms with Gasteiger partial charge in [0.25, 0.3) is 5.91 Å². The van der Waals surface area contributed by atoms with Gasteiger partial charge in [-0.05, 0) is 23.9 Å². The molecule has 1 amide bonds. The Kier molecular flexibility index (Phi) is 4.31. The summed E-state index contributed by atoms with van der Waals surface area (Å²) in [4.78, 5) is 12.0. The fourth-order valence-corrected chi connectivity index (χ4v) is 2.10. The number of fused-ring (bicyclic) bond motifs is 1. The highest BCUT2D eigenvalue weighted by atomic mass is 79.9. The molecule has 0 aliphatic heterocycles. The molecule has 0 saturated carbocycles. The molecule has 0 heterocycles. The molecule has 0 atom stereocenters. The van der Waals surface area contributed by atoms with Crippen molar-refractivity contribution in [1.82, 2.24) is 5.32 Å². The van der Waals surface area contributed by atoms with E-state index in [2.05, 4.69) is 21.2 Å². The average Bonchev–Trinajstić information content (AvgIpc) is 2.39. The molecule has 2 aromatic carbocycles. The topological polar surface area (TPSA) is 29.1 Å². The van der Waals surface area contributed by atoms with Gasteiger partial charge in [-0.15, -0.1) is 0 Å². The molecular weight excluding hydrogens is 297 g/mol. The van der Waals surface area contributed by atoms with Crippen molar-refractivity contribution in [3.05, 3.63) is 47.8 Å². The fraction of sp³-hybridized carbons (Fsp3) is 0.214. The Bertz CT molecular complexity index is 571. The SMILES string of the molecule is O=C(NCCCBr)c1ccc(F)c2ccccc12. The molecule has 0 saturated heterocycles. The van der Waals surface area contributed by atoms with Crippen molar-refractivity contribution in [2.45, 2.75) is 6.42 Å². The Morgan fingerprint density at radius 2 is 1.89 bits per heavy atom. The van der Waals surface area contributed by atoms with Crippen molar-refractivity contribution < 1.29 is 9.18 Å². The number of nitrogens with one attached hydrogen (secondary N) is 1. The Hall–Kier alpha value is -1.42. The Labute approximate surface area is 113 Å². The first-order valence-electron chi connectivity index (χ1n) is 5.75. The molecule has 0 bridgehead atoms. The second-order valence-corrected chi connectivity index (χ2v) is 4.73. The van der Waals surface area contributed by atoms with Gasteiger partial charge in [0, 0.05) is 22.8 Å². The van der Waals surface area contributed by atoms with Crippen LogP contribution in [0.4, 0.5) is 4.39 Å². The molecule has 1 N–H and O–H groups in total. The van der Waals surface area contributed by atoms with E-state index >= 15 is 0 Å². The zero-order valence-corrected chi connectivity index (χ0v) is 11.3. The largest absolute Gasteiger partial charge is 0.352 e. The predicted octanol–water partition coefficient (Wildman–Crippen LogP) is 3.49. The molecule has 18 heavy (non-hydrogen) atoms. The molecule has 4 heteroatoms. The van der Waals surface area contributed by atoms with E-state index in [1.165, 1.54) is 12.1 Å². The van der Waals surface area contributed by atoms with Crippen LogP contribution in [0.1, 0.15) is 16.8 Å². The first kappa shape index (κ1) is 13.0. The van der Waals surface area contributed by atoms with Gasteiger partial charge in [0.05, 0.1) is 0 Å². The average molecular weight is 310 g/mol. The molecule has 2 aromatic rings. The van der Waals surface area contributed by atoms with Crippen LogP contribution >= 0.6 is 15.9 Å². The number of amides is 1. The maximum Gasteiger partial charge on any atom is 0.251 e. The molecule has 0 radical (unpaired) electrons. The van der Waals surface area contributed by atoms with Crippen LogP contribution in [0.15, 0.2) is 36.4 Å². The van der Waals surface area contributed by atoms with Gasteiger partial charge in [-0.3, -0.25) is 4.79 Å². The van der Waals surface area contributed by atoms with Gasteiger partial charge in [0.2, 0.25) is 0 Å². The summed E-state index contributed by atoms with van der Waals surface area (Å²) in [5, 5.41) is 4.79. The second kappa shape index (κ2) is 5.96. The summed E-state index contributed by atoms with van der Waals surface area (Å²) in [6.45, 7) is 0.607. The number of halogens is 2. The van der Waals surface area contributed by atoms with E-state index in [9.17, 15) is 9.18 Å². The van der Waals surface area contributed by atoms with Crippen LogP contribution in [0.25, 0.3) is 10.8 Å². The van der Waals surface area contributed by atoms with Crippen LogP contribution in [-0.2, 0) is 0 Å². The fourth-order valence-electron chi connectivity index (χ4n) is 1.82. The van der Waals surface area contributed by atoms with Crippen LogP contribution in [0.5, 0.6) is 0 Å². The summed E-state index contributed by atoms with van der Waals surface area (Å²) < 4.78 is 13.6. The third-order valence-electron chi connectivity index (χ3n) is 2.71. The van der Waals surface area contributed by atoms with Gasteiger partial charge < -0.3 is 5.32 Å². The van der Waals surface area contributed by atoms with Gasteiger partial charge in [0.1, 0.15) is 5.82 Å². The zero-order valence-electron chi connectivity index (χ0n) is 9.75. The number of rotatable bonds is 4. The molecule has 0 aliphatic carbocycles. The summed E-state index contributed by atoms with van der Waals surface area (Å²) in [6, 6.07) is 9.87. The minimum atomic E-state index is -0.303. The molecular formula is C14H13BrFNO. The normalized spacial score (nSPS) is 10.6. The number of hydrogen-bond donors (Lipinski definition) is 1.